The maximum atomic E-state index is 13.2. The third-order valence-corrected chi connectivity index (χ3v) is 6.70. The van der Waals surface area contributed by atoms with Crippen molar-refractivity contribution in [1.82, 2.24) is 4.72 Å². The normalized spacial score (nSPS) is 13.4. The van der Waals surface area contributed by atoms with Crippen LogP contribution in [-0.2, 0) is 10.0 Å². The molecule has 0 aliphatic heterocycles. The average molecular weight is 479 g/mol. The molecule has 3 rings (SSSR count). The number of Topliss-reactive ketones (excluding diaryl/α,β-unsaturated/α-hetero) is 1. The van der Waals surface area contributed by atoms with Gasteiger partial charge in [0.2, 0.25) is 10.0 Å². The number of nitro groups is 1. The standard InChI is InChI=1S/C21H16Cl2N2O5S/c22-16-12-10-14(11-13-16)19(23)20(21(26)15-6-2-1-3-7-15)24-31(29,30)18-9-5-4-8-17(18)25(27)28/h1-13,19-20,24H/t19-,20-/m1/s1. The number of nitrogens with zero attached hydrogens (tertiary/aromatic N) is 1. The lowest BCUT2D eigenvalue weighted by Gasteiger charge is -2.23. The van der Waals surface area contributed by atoms with Crippen LogP contribution in [-0.4, -0.2) is 25.2 Å². The summed E-state index contributed by atoms with van der Waals surface area (Å²) in [6.07, 6.45) is 0. The van der Waals surface area contributed by atoms with Crippen molar-refractivity contribution in [2.75, 3.05) is 0 Å². The van der Waals surface area contributed by atoms with Crippen LogP contribution in [0.15, 0.2) is 83.8 Å². The Balaban J connectivity index is 2.05. The SMILES string of the molecule is O=C(c1ccccc1)[C@H](NS(=O)(=O)c1ccccc1[N+](=O)[O-])[C@H](Cl)c1ccc(Cl)cc1. The van der Waals surface area contributed by atoms with Crippen molar-refractivity contribution in [2.24, 2.45) is 0 Å². The van der Waals surface area contributed by atoms with Gasteiger partial charge in [-0.05, 0) is 23.8 Å². The fourth-order valence-corrected chi connectivity index (χ4v) is 4.84. The van der Waals surface area contributed by atoms with Gasteiger partial charge in [-0.1, -0.05) is 66.2 Å². The number of nitrogens with one attached hydrogen (secondary N) is 1. The summed E-state index contributed by atoms with van der Waals surface area (Å²) in [4.78, 5) is 23.1. The highest BCUT2D eigenvalue weighted by molar-refractivity contribution is 7.89. The molecule has 0 bridgehead atoms. The molecule has 0 saturated heterocycles. The molecule has 3 aromatic rings. The molecule has 0 unspecified atom stereocenters. The molecule has 31 heavy (non-hydrogen) atoms. The Bertz CT molecular complexity index is 1200. The van der Waals surface area contributed by atoms with E-state index in [1.807, 2.05) is 0 Å². The summed E-state index contributed by atoms with van der Waals surface area (Å²) < 4.78 is 28.4. The van der Waals surface area contributed by atoms with Gasteiger partial charge in [0.1, 0.15) is 6.04 Å². The van der Waals surface area contributed by atoms with Crippen LogP contribution in [0.2, 0.25) is 5.02 Å². The number of para-hydroxylation sites is 1. The Morgan fingerprint density at radius 1 is 0.935 bits per heavy atom. The van der Waals surface area contributed by atoms with E-state index in [1.165, 1.54) is 24.3 Å². The van der Waals surface area contributed by atoms with Crippen molar-refractivity contribution in [3.63, 3.8) is 0 Å². The zero-order valence-electron chi connectivity index (χ0n) is 15.8. The number of carbonyl (C=O) groups excluding carboxylic acids is 1. The largest absolute Gasteiger partial charge is 0.292 e. The minimum atomic E-state index is -4.47. The summed E-state index contributed by atoms with van der Waals surface area (Å²) in [5, 5.41) is 10.6. The van der Waals surface area contributed by atoms with Crippen LogP contribution in [0.1, 0.15) is 21.3 Å². The maximum absolute atomic E-state index is 13.2. The molecule has 160 valence electrons. The van der Waals surface area contributed by atoms with Crippen LogP contribution in [0.3, 0.4) is 0 Å². The molecule has 0 radical (unpaired) electrons. The molecule has 0 aliphatic carbocycles. The summed E-state index contributed by atoms with van der Waals surface area (Å²) in [5.41, 5.74) is 0.0708. The number of carbonyl (C=O) groups is 1. The fourth-order valence-electron chi connectivity index (χ4n) is 2.93. The van der Waals surface area contributed by atoms with E-state index in [-0.39, 0.29) is 5.56 Å². The van der Waals surface area contributed by atoms with Gasteiger partial charge < -0.3 is 0 Å². The number of halogens is 2. The topological polar surface area (TPSA) is 106 Å². The monoisotopic (exact) mass is 478 g/mol. The van der Waals surface area contributed by atoms with Gasteiger partial charge in [-0.15, -0.1) is 11.6 Å². The van der Waals surface area contributed by atoms with E-state index in [0.717, 1.165) is 12.1 Å². The number of hydrogen-bond donors (Lipinski definition) is 1. The van der Waals surface area contributed by atoms with E-state index in [1.54, 1.807) is 42.5 Å². The first-order valence-corrected chi connectivity index (χ1v) is 11.2. The smallest absolute Gasteiger partial charge is 0.289 e. The summed E-state index contributed by atoms with van der Waals surface area (Å²) >= 11 is 12.4. The number of sulfonamides is 1. The molecule has 7 nitrogen and oxygen atoms in total. The van der Waals surface area contributed by atoms with Gasteiger partial charge in [-0.2, -0.15) is 4.72 Å². The lowest BCUT2D eigenvalue weighted by atomic mass is 9.98. The minimum absolute atomic E-state index is 0.234. The van der Waals surface area contributed by atoms with Gasteiger partial charge in [0.25, 0.3) is 5.69 Å². The van der Waals surface area contributed by atoms with Crippen LogP contribution in [0.5, 0.6) is 0 Å². The van der Waals surface area contributed by atoms with Crippen molar-refractivity contribution in [3.05, 3.63) is 105 Å². The van der Waals surface area contributed by atoms with Crippen molar-refractivity contribution >= 4 is 44.7 Å². The van der Waals surface area contributed by atoms with E-state index < -0.39 is 42.7 Å². The van der Waals surface area contributed by atoms with E-state index in [9.17, 15) is 23.3 Å². The van der Waals surface area contributed by atoms with Gasteiger partial charge >= 0.3 is 0 Å². The predicted octanol–water partition coefficient (Wildman–Crippen LogP) is 4.76. The summed E-state index contributed by atoms with van der Waals surface area (Å²) in [7, 11) is -4.47. The highest BCUT2D eigenvalue weighted by Crippen LogP contribution is 2.30. The molecular formula is C21H16Cl2N2O5S. The fraction of sp³-hybridized carbons (Fsp3) is 0.0952. The summed E-state index contributed by atoms with van der Waals surface area (Å²) in [6.45, 7) is 0. The molecule has 2 atom stereocenters. The molecule has 1 N–H and O–H groups in total. The van der Waals surface area contributed by atoms with Gasteiger partial charge in [0.05, 0.1) is 10.3 Å². The van der Waals surface area contributed by atoms with E-state index >= 15 is 0 Å². The Kier molecular flexibility index (Phi) is 7.07. The second kappa shape index (κ2) is 9.57. The molecule has 0 heterocycles. The second-order valence-electron chi connectivity index (χ2n) is 6.51. The minimum Gasteiger partial charge on any atom is -0.292 e. The molecule has 0 aliphatic rings. The molecular weight excluding hydrogens is 463 g/mol. The van der Waals surface area contributed by atoms with E-state index in [2.05, 4.69) is 4.72 Å². The zero-order chi connectivity index (χ0) is 22.6. The van der Waals surface area contributed by atoms with Crippen molar-refractivity contribution in [1.29, 1.82) is 0 Å². The van der Waals surface area contributed by atoms with Gasteiger partial charge in [0.15, 0.2) is 10.7 Å². The number of ketones is 1. The van der Waals surface area contributed by atoms with Crippen LogP contribution >= 0.6 is 23.2 Å². The Labute approximate surface area is 188 Å². The van der Waals surface area contributed by atoms with Crippen LogP contribution in [0, 0.1) is 10.1 Å². The average Bonchev–Trinajstić information content (AvgIpc) is 2.77. The number of alkyl halides is 1. The number of nitro benzene ring substituents is 1. The molecule has 0 saturated carbocycles. The molecule has 0 fully saturated rings. The maximum Gasteiger partial charge on any atom is 0.289 e. The molecule has 3 aromatic carbocycles. The summed E-state index contributed by atoms with van der Waals surface area (Å²) in [5.74, 6) is -0.585. The number of benzene rings is 3. The first kappa shape index (κ1) is 22.9. The van der Waals surface area contributed by atoms with Gasteiger partial charge in [-0.3, -0.25) is 14.9 Å². The lowest BCUT2D eigenvalue weighted by molar-refractivity contribution is -0.387. The van der Waals surface area contributed by atoms with Crippen LogP contribution < -0.4 is 4.72 Å². The van der Waals surface area contributed by atoms with Gasteiger partial charge in [0, 0.05) is 16.7 Å². The molecule has 10 heteroatoms. The first-order chi connectivity index (χ1) is 14.7. The van der Waals surface area contributed by atoms with E-state index in [0.29, 0.717) is 10.6 Å². The van der Waals surface area contributed by atoms with Crippen molar-refractivity contribution < 1.29 is 18.1 Å². The quantitative estimate of drug-likeness (QED) is 0.217. The van der Waals surface area contributed by atoms with Crippen molar-refractivity contribution in [2.45, 2.75) is 16.3 Å². The lowest BCUT2D eigenvalue weighted by Crippen LogP contribution is -2.43. The van der Waals surface area contributed by atoms with Crippen molar-refractivity contribution in [3.8, 4) is 0 Å². The van der Waals surface area contributed by atoms with Crippen LogP contribution in [0.4, 0.5) is 5.69 Å². The van der Waals surface area contributed by atoms with E-state index in [4.69, 9.17) is 23.2 Å². The third kappa shape index (κ3) is 5.29. The molecule has 0 amide bonds. The Morgan fingerprint density at radius 2 is 1.52 bits per heavy atom. The summed E-state index contributed by atoms with van der Waals surface area (Å²) in [6, 6.07) is 17.7. The Morgan fingerprint density at radius 3 is 2.13 bits per heavy atom. The highest BCUT2D eigenvalue weighted by Gasteiger charge is 2.35. The molecule has 0 aromatic heterocycles. The second-order valence-corrected chi connectivity index (χ2v) is 9.10. The van der Waals surface area contributed by atoms with Gasteiger partial charge in [-0.25, -0.2) is 8.42 Å². The Hall–Kier alpha value is -2.78. The zero-order valence-corrected chi connectivity index (χ0v) is 18.1. The third-order valence-electron chi connectivity index (χ3n) is 4.46. The molecule has 0 spiro atoms. The highest BCUT2D eigenvalue weighted by atomic mass is 35.5. The number of rotatable bonds is 8. The first-order valence-electron chi connectivity index (χ1n) is 8.95. The number of hydrogen-bond acceptors (Lipinski definition) is 5. The predicted molar refractivity (Wildman–Crippen MR) is 118 cm³/mol. The van der Waals surface area contributed by atoms with Crippen LogP contribution in [0.25, 0.3) is 0 Å².